The van der Waals surface area contributed by atoms with Crippen molar-refractivity contribution in [1.82, 2.24) is 0 Å². The third-order valence-corrected chi connectivity index (χ3v) is 5.36. The summed E-state index contributed by atoms with van der Waals surface area (Å²) >= 11 is 12.5. The molecule has 3 aromatic rings. The molecule has 0 heterocycles. The molecule has 150 valence electrons. The molecule has 30 heavy (non-hydrogen) atoms. The molecule has 0 atom stereocenters. The van der Waals surface area contributed by atoms with E-state index in [-0.39, 0.29) is 5.57 Å². The first kappa shape index (κ1) is 21.6. The van der Waals surface area contributed by atoms with E-state index in [0.717, 1.165) is 22.3 Å². The number of rotatable bonds is 5. The Morgan fingerprint density at radius 3 is 2.53 bits per heavy atom. The highest BCUT2D eigenvalue weighted by atomic mass is 35.5. The van der Waals surface area contributed by atoms with Gasteiger partial charge in [-0.2, -0.15) is 5.26 Å². The van der Waals surface area contributed by atoms with Gasteiger partial charge in [-0.1, -0.05) is 59.6 Å². The van der Waals surface area contributed by atoms with E-state index in [1.165, 1.54) is 0 Å². The van der Waals surface area contributed by atoms with Crippen LogP contribution in [0.5, 0.6) is 0 Å². The van der Waals surface area contributed by atoms with Crippen LogP contribution in [-0.4, -0.2) is 5.91 Å². The minimum atomic E-state index is -0.463. The Bertz CT molecular complexity index is 1180. The number of aryl methyl sites for hydroxylation is 2. The van der Waals surface area contributed by atoms with Gasteiger partial charge in [0.2, 0.25) is 0 Å². The van der Waals surface area contributed by atoms with E-state index in [1.807, 2.05) is 68.4 Å². The average Bonchev–Trinajstić information content (AvgIpc) is 2.72. The first-order chi connectivity index (χ1) is 14.4. The van der Waals surface area contributed by atoms with Gasteiger partial charge in [-0.25, -0.2) is 0 Å². The van der Waals surface area contributed by atoms with E-state index in [1.54, 1.807) is 18.2 Å². The van der Waals surface area contributed by atoms with Gasteiger partial charge in [0.15, 0.2) is 0 Å². The van der Waals surface area contributed by atoms with E-state index in [2.05, 4.69) is 5.32 Å². The number of nitrogens with zero attached hydrogens (tertiary/aromatic N) is 1. The number of anilines is 1. The fraction of sp³-hybridized carbons (Fsp3) is 0.120. The maximum absolute atomic E-state index is 12.8. The molecular weight excluding hydrogens is 415 g/mol. The average molecular weight is 435 g/mol. The van der Waals surface area contributed by atoms with Crippen molar-refractivity contribution < 1.29 is 4.79 Å². The van der Waals surface area contributed by atoms with E-state index in [4.69, 9.17) is 23.2 Å². The van der Waals surface area contributed by atoms with Gasteiger partial charge in [0, 0.05) is 15.7 Å². The molecule has 0 aliphatic carbocycles. The number of hydrogen-bond acceptors (Lipinski definition) is 2. The van der Waals surface area contributed by atoms with Gasteiger partial charge in [0.05, 0.1) is 0 Å². The molecule has 0 saturated heterocycles. The van der Waals surface area contributed by atoms with Gasteiger partial charge in [-0.3, -0.25) is 4.79 Å². The normalized spacial score (nSPS) is 11.1. The molecule has 0 aromatic heterocycles. The molecule has 0 radical (unpaired) electrons. The maximum Gasteiger partial charge on any atom is 0.266 e. The first-order valence-corrected chi connectivity index (χ1v) is 10.1. The van der Waals surface area contributed by atoms with Gasteiger partial charge < -0.3 is 5.32 Å². The summed E-state index contributed by atoms with van der Waals surface area (Å²) in [4.78, 5) is 12.8. The molecule has 3 nitrogen and oxygen atoms in total. The highest BCUT2D eigenvalue weighted by Gasteiger charge is 2.13. The Morgan fingerprint density at radius 1 is 1.03 bits per heavy atom. The Balaban J connectivity index is 1.94. The largest absolute Gasteiger partial charge is 0.321 e. The summed E-state index contributed by atoms with van der Waals surface area (Å²) in [7, 11) is 0. The Labute approximate surface area is 186 Å². The number of carbonyl (C=O) groups is 1. The Morgan fingerprint density at radius 2 is 1.80 bits per heavy atom. The number of amides is 1. The first-order valence-electron chi connectivity index (χ1n) is 9.39. The van der Waals surface area contributed by atoms with Crippen molar-refractivity contribution in [2.75, 3.05) is 5.32 Å². The number of benzene rings is 3. The molecule has 0 aliphatic rings. The number of carbonyl (C=O) groups excluding carboxylic acids is 1. The summed E-state index contributed by atoms with van der Waals surface area (Å²) < 4.78 is 0. The topological polar surface area (TPSA) is 52.9 Å². The third kappa shape index (κ3) is 5.30. The molecule has 1 amide bonds. The van der Waals surface area contributed by atoms with Crippen molar-refractivity contribution in [2.24, 2.45) is 0 Å². The summed E-state index contributed by atoms with van der Waals surface area (Å²) in [5.74, 6) is -0.463. The smallest absolute Gasteiger partial charge is 0.266 e. The lowest BCUT2D eigenvalue weighted by molar-refractivity contribution is -0.112. The molecule has 0 fully saturated rings. The quantitative estimate of drug-likeness (QED) is 0.356. The number of hydrogen-bond donors (Lipinski definition) is 1. The third-order valence-electron chi connectivity index (χ3n) is 4.75. The summed E-state index contributed by atoms with van der Waals surface area (Å²) in [5.41, 5.74) is 5.20. The summed E-state index contributed by atoms with van der Waals surface area (Å²) in [6, 6.07) is 20.8. The fourth-order valence-corrected chi connectivity index (χ4v) is 3.46. The minimum absolute atomic E-state index is 0.00131. The lowest BCUT2D eigenvalue weighted by atomic mass is 9.98. The van der Waals surface area contributed by atoms with Crippen LogP contribution in [0.4, 0.5) is 5.69 Å². The molecular formula is C25H20Cl2N2O. The zero-order valence-electron chi connectivity index (χ0n) is 16.7. The van der Waals surface area contributed by atoms with Crippen molar-refractivity contribution in [3.63, 3.8) is 0 Å². The number of nitriles is 1. The SMILES string of the molecule is Cc1ccc(C)c(NC(=O)/C(C#N)=C/c2cc(Cl)ccc2Cc2ccccc2Cl)c1. The van der Waals surface area contributed by atoms with Crippen LogP contribution in [0.25, 0.3) is 6.08 Å². The van der Waals surface area contributed by atoms with Crippen molar-refractivity contribution in [3.8, 4) is 6.07 Å². The Kier molecular flexibility index (Phi) is 6.95. The second-order valence-corrected chi connectivity index (χ2v) is 7.90. The Hall–Kier alpha value is -3.06. The zero-order valence-corrected chi connectivity index (χ0v) is 18.2. The van der Waals surface area contributed by atoms with Gasteiger partial charge in [-0.15, -0.1) is 0 Å². The molecule has 5 heteroatoms. The van der Waals surface area contributed by atoms with Crippen LogP contribution in [0.3, 0.4) is 0 Å². The van der Waals surface area contributed by atoms with Crippen LogP contribution in [0, 0.1) is 25.2 Å². The van der Waals surface area contributed by atoms with Gasteiger partial charge in [0.25, 0.3) is 5.91 Å². The van der Waals surface area contributed by atoms with Crippen LogP contribution in [0.2, 0.25) is 10.0 Å². The molecule has 3 rings (SSSR count). The highest BCUT2D eigenvalue weighted by Crippen LogP contribution is 2.25. The number of halogens is 2. The van der Waals surface area contributed by atoms with E-state index >= 15 is 0 Å². The molecule has 1 N–H and O–H groups in total. The standard InChI is InChI=1S/C25H20Cl2N2O/c1-16-7-8-17(2)24(11-16)29-25(30)21(15-28)13-20-14-22(26)10-9-18(20)12-19-5-3-4-6-23(19)27/h3-11,13-14H,12H2,1-2H3,(H,29,30)/b21-13+. The van der Waals surface area contributed by atoms with Crippen LogP contribution >= 0.6 is 23.2 Å². The van der Waals surface area contributed by atoms with Gasteiger partial charge in [0.1, 0.15) is 11.6 Å². The second kappa shape index (κ2) is 9.63. The zero-order chi connectivity index (χ0) is 21.7. The molecule has 3 aromatic carbocycles. The van der Waals surface area contributed by atoms with Crippen molar-refractivity contribution in [3.05, 3.63) is 104 Å². The van der Waals surface area contributed by atoms with Crippen LogP contribution < -0.4 is 5.32 Å². The molecule has 0 bridgehead atoms. The maximum atomic E-state index is 12.8. The van der Waals surface area contributed by atoms with Gasteiger partial charge >= 0.3 is 0 Å². The summed E-state index contributed by atoms with van der Waals surface area (Å²) in [5, 5.41) is 13.6. The fourth-order valence-electron chi connectivity index (χ4n) is 3.07. The lowest BCUT2D eigenvalue weighted by Gasteiger charge is -2.11. The van der Waals surface area contributed by atoms with Crippen molar-refractivity contribution in [1.29, 1.82) is 5.26 Å². The van der Waals surface area contributed by atoms with Crippen LogP contribution in [0.1, 0.15) is 27.8 Å². The summed E-state index contributed by atoms with van der Waals surface area (Å²) in [6.45, 7) is 3.85. The van der Waals surface area contributed by atoms with E-state index in [0.29, 0.717) is 27.7 Å². The van der Waals surface area contributed by atoms with Crippen LogP contribution in [-0.2, 0) is 11.2 Å². The molecule has 0 spiro atoms. The minimum Gasteiger partial charge on any atom is -0.321 e. The van der Waals surface area contributed by atoms with Crippen LogP contribution in [0.15, 0.2) is 66.2 Å². The number of nitrogens with one attached hydrogen (secondary N) is 1. The predicted octanol–water partition coefficient (Wildman–Crippen LogP) is 6.75. The van der Waals surface area contributed by atoms with E-state index < -0.39 is 5.91 Å². The predicted molar refractivity (Wildman–Crippen MR) is 124 cm³/mol. The monoisotopic (exact) mass is 434 g/mol. The van der Waals surface area contributed by atoms with Crippen molar-refractivity contribution >= 4 is 40.9 Å². The highest BCUT2D eigenvalue weighted by molar-refractivity contribution is 6.31. The second-order valence-electron chi connectivity index (χ2n) is 7.05. The summed E-state index contributed by atoms with van der Waals surface area (Å²) in [6.07, 6.45) is 2.12. The van der Waals surface area contributed by atoms with Crippen molar-refractivity contribution in [2.45, 2.75) is 20.3 Å². The van der Waals surface area contributed by atoms with E-state index in [9.17, 15) is 10.1 Å². The molecule has 0 unspecified atom stereocenters. The molecule has 0 aliphatic heterocycles. The lowest BCUT2D eigenvalue weighted by Crippen LogP contribution is -2.14. The molecule has 0 saturated carbocycles. The van der Waals surface area contributed by atoms with Gasteiger partial charge in [-0.05, 0) is 78.4 Å².